The van der Waals surface area contributed by atoms with Gasteiger partial charge < -0.3 is 15.5 Å². The average Bonchev–Trinajstić information content (AvgIpc) is 2.58. The maximum absolute atomic E-state index is 12.2. The summed E-state index contributed by atoms with van der Waals surface area (Å²) in [5.41, 5.74) is 1.44. The molecule has 136 valence electrons. The first kappa shape index (κ1) is 21.3. The lowest BCUT2D eigenvalue weighted by atomic mass is 10.0. The molecular formula is C19H27IN4O. The van der Waals surface area contributed by atoms with E-state index in [0.717, 1.165) is 37.6 Å². The van der Waals surface area contributed by atoms with Gasteiger partial charge in [-0.05, 0) is 43.9 Å². The van der Waals surface area contributed by atoms with Crippen molar-refractivity contribution < 1.29 is 4.79 Å². The fourth-order valence-electron chi connectivity index (χ4n) is 2.84. The smallest absolute Gasteiger partial charge is 0.246 e. The highest BCUT2D eigenvalue weighted by molar-refractivity contribution is 14.0. The highest BCUT2D eigenvalue weighted by Crippen LogP contribution is 2.15. The maximum Gasteiger partial charge on any atom is 0.246 e. The van der Waals surface area contributed by atoms with E-state index in [0.29, 0.717) is 11.6 Å². The number of carbonyl (C=O) groups is 1. The first-order valence-electron chi connectivity index (χ1n) is 8.52. The standard InChI is InChI=1S/C19H26N4O.HI/c1-4-16-9-6-10-17(12-16)22-18(24)13-21-19(20-5-2)23-11-7-8-15(3)14-23;/h1,6,9-10,12,15H,5,7-8,11,13-14H2,2-3H3,(H,20,21)(H,22,24);1H. The molecule has 1 saturated heterocycles. The zero-order chi connectivity index (χ0) is 17.4. The lowest BCUT2D eigenvalue weighted by Gasteiger charge is -2.33. The Morgan fingerprint density at radius 2 is 2.28 bits per heavy atom. The van der Waals surface area contributed by atoms with E-state index in [9.17, 15) is 4.79 Å². The molecule has 0 spiro atoms. The minimum atomic E-state index is -0.148. The van der Waals surface area contributed by atoms with Crippen LogP contribution in [-0.2, 0) is 4.79 Å². The number of anilines is 1. The fraction of sp³-hybridized carbons (Fsp3) is 0.474. The molecule has 1 aliphatic rings. The highest BCUT2D eigenvalue weighted by Gasteiger charge is 2.19. The quantitative estimate of drug-likeness (QED) is 0.319. The first-order valence-corrected chi connectivity index (χ1v) is 8.52. The molecule has 6 heteroatoms. The number of rotatable bonds is 4. The number of hydrogen-bond acceptors (Lipinski definition) is 2. The third-order valence-corrected chi connectivity index (χ3v) is 3.98. The summed E-state index contributed by atoms with van der Waals surface area (Å²) in [6, 6.07) is 7.25. The van der Waals surface area contributed by atoms with E-state index < -0.39 is 0 Å². The molecule has 2 rings (SSSR count). The van der Waals surface area contributed by atoms with E-state index in [1.807, 2.05) is 25.1 Å². The number of nitrogens with zero attached hydrogens (tertiary/aromatic N) is 2. The summed E-state index contributed by atoms with van der Waals surface area (Å²) in [6.07, 6.45) is 7.79. The molecule has 0 aliphatic carbocycles. The van der Waals surface area contributed by atoms with Crippen LogP contribution in [0.3, 0.4) is 0 Å². The van der Waals surface area contributed by atoms with Crippen molar-refractivity contribution in [1.29, 1.82) is 0 Å². The number of aliphatic imine (C=N–C) groups is 1. The number of piperidine rings is 1. The number of likely N-dealkylation sites (tertiary alicyclic amines) is 1. The molecule has 1 amide bonds. The Balaban J connectivity index is 0.00000312. The summed E-state index contributed by atoms with van der Waals surface area (Å²) in [6.45, 7) is 7.14. The molecule has 1 aliphatic heterocycles. The number of nitrogens with one attached hydrogen (secondary N) is 2. The van der Waals surface area contributed by atoms with Gasteiger partial charge in [0.1, 0.15) is 6.54 Å². The molecule has 1 aromatic carbocycles. The summed E-state index contributed by atoms with van der Waals surface area (Å²) >= 11 is 0. The second kappa shape index (κ2) is 11.0. The van der Waals surface area contributed by atoms with Gasteiger partial charge in [0.15, 0.2) is 5.96 Å². The highest BCUT2D eigenvalue weighted by atomic mass is 127. The van der Waals surface area contributed by atoms with Gasteiger partial charge in [-0.1, -0.05) is 18.9 Å². The maximum atomic E-state index is 12.2. The van der Waals surface area contributed by atoms with Crippen LogP contribution in [0.2, 0.25) is 0 Å². The predicted octanol–water partition coefficient (Wildman–Crippen LogP) is 2.92. The number of benzene rings is 1. The Labute approximate surface area is 167 Å². The number of halogens is 1. The largest absolute Gasteiger partial charge is 0.357 e. The Bertz CT molecular complexity index is 639. The molecule has 2 N–H and O–H groups in total. The summed E-state index contributed by atoms with van der Waals surface area (Å²) in [5.74, 6) is 3.88. The Morgan fingerprint density at radius 1 is 1.48 bits per heavy atom. The topological polar surface area (TPSA) is 56.7 Å². The van der Waals surface area contributed by atoms with Crippen molar-refractivity contribution in [3.63, 3.8) is 0 Å². The molecule has 25 heavy (non-hydrogen) atoms. The van der Waals surface area contributed by atoms with Crippen LogP contribution in [0.15, 0.2) is 29.3 Å². The van der Waals surface area contributed by atoms with E-state index >= 15 is 0 Å². The molecule has 0 saturated carbocycles. The number of guanidine groups is 1. The molecule has 1 unspecified atom stereocenters. The Hall–Kier alpha value is -1.75. The van der Waals surface area contributed by atoms with Gasteiger partial charge in [0.05, 0.1) is 0 Å². The zero-order valence-corrected chi connectivity index (χ0v) is 17.2. The van der Waals surface area contributed by atoms with Crippen molar-refractivity contribution in [3.05, 3.63) is 29.8 Å². The lowest BCUT2D eigenvalue weighted by molar-refractivity contribution is -0.114. The van der Waals surface area contributed by atoms with Crippen LogP contribution in [0.25, 0.3) is 0 Å². The van der Waals surface area contributed by atoms with Gasteiger partial charge in [0.25, 0.3) is 0 Å². The second-order valence-corrected chi connectivity index (χ2v) is 6.14. The number of terminal acetylenes is 1. The van der Waals surface area contributed by atoms with Gasteiger partial charge in [-0.3, -0.25) is 4.79 Å². The molecular weight excluding hydrogens is 427 g/mol. The fourth-order valence-corrected chi connectivity index (χ4v) is 2.84. The normalized spacial score (nSPS) is 17.2. The SMILES string of the molecule is C#Cc1cccc(NC(=O)CN=C(NCC)N2CCCC(C)C2)c1.I. The van der Waals surface area contributed by atoms with Crippen molar-refractivity contribution in [1.82, 2.24) is 10.2 Å². The average molecular weight is 454 g/mol. The van der Waals surface area contributed by atoms with E-state index in [4.69, 9.17) is 6.42 Å². The van der Waals surface area contributed by atoms with E-state index in [-0.39, 0.29) is 36.4 Å². The minimum absolute atomic E-state index is 0. The first-order chi connectivity index (χ1) is 11.6. The number of carbonyl (C=O) groups excluding carboxylic acids is 1. The van der Waals surface area contributed by atoms with Gasteiger partial charge in [-0.25, -0.2) is 4.99 Å². The third-order valence-electron chi connectivity index (χ3n) is 3.98. The van der Waals surface area contributed by atoms with Crippen LogP contribution < -0.4 is 10.6 Å². The summed E-state index contributed by atoms with van der Waals surface area (Å²) < 4.78 is 0. The molecule has 0 aromatic heterocycles. The molecule has 1 atom stereocenters. The summed E-state index contributed by atoms with van der Waals surface area (Å²) in [5, 5.41) is 6.12. The van der Waals surface area contributed by atoms with Gasteiger partial charge in [-0.2, -0.15) is 0 Å². The molecule has 0 bridgehead atoms. The van der Waals surface area contributed by atoms with Crippen LogP contribution in [0.4, 0.5) is 5.69 Å². The predicted molar refractivity (Wildman–Crippen MR) is 114 cm³/mol. The van der Waals surface area contributed by atoms with Crippen molar-refractivity contribution in [2.45, 2.75) is 26.7 Å². The van der Waals surface area contributed by atoms with Crippen LogP contribution >= 0.6 is 24.0 Å². The molecule has 5 nitrogen and oxygen atoms in total. The van der Waals surface area contributed by atoms with E-state index in [2.05, 4.69) is 33.4 Å². The van der Waals surface area contributed by atoms with Gasteiger partial charge in [-0.15, -0.1) is 30.4 Å². The van der Waals surface area contributed by atoms with E-state index in [1.165, 1.54) is 6.42 Å². The van der Waals surface area contributed by atoms with Gasteiger partial charge >= 0.3 is 0 Å². The van der Waals surface area contributed by atoms with E-state index in [1.54, 1.807) is 6.07 Å². The van der Waals surface area contributed by atoms with Crippen LogP contribution in [0, 0.1) is 18.3 Å². The Morgan fingerprint density at radius 3 is 2.96 bits per heavy atom. The number of hydrogen-bond donors (Lipinski definition) is 2. The van der Waals surface area contributed by atoms with Crippen molar-refractivity contribution in [2.24, 2.45) is 10.9 Å². The summed E-state index contributed by atoms with van der Waals surface area (Å²) in [4.78, 5) is 18.9. The lowest BCUT2D eigenvalue weighted by Crippen LogP contribution is -2.46. The van der Waals surface area contributed by atoms with Crippen molar-refractivity contribution in [3.8, 4) is 12.3 Å². The van der Waals surface area contributed by atoms with Crippen LogP contribution in [0.5, 0.6) is 0 Å². The molecule has 0 radical (unpaired) electrons. The van der Waals surface area contributed by atoms with Gasteiger partial charge in [0, 0.05) is 30.9 Å². The van der Waals surface area contributed by atoms with Crippen molar-refractivity contribution >= 4 is 41.5 Å². The zero-order valence-electron chi connectivity index (χ0n) is 14.9. The number of amides is 1. The monoisotopic (exact) mass is 454 g/mol. The van der Waals surface area contributed by atoms with Crippen LogP contribution in [-0.4, -0.2) is 42.9 Å². The molecule has 1 aromatic rings. The minimum Gasteiger partial charge on any atom is -0.357 e. The second-order valence-electron chi connectivity index (χ2n) is 6.14. The third kappa shape index (κ3) is 6.94. The molecule has 1 fully saturated rings. The molecule has 1 heterocycles. The van der Waals surface area contributed by atoms with Crippen molar-refractivity contribution in [2.75, 3.05) is 31.5 Å². The Kier molecular flexibility index (Phi) is 9.35. The van der Waals surface area contributed by atoms with Crippen LogP contribution in [0.1, 0.15) is 32.3 Å². The van der Waals surface area contributed by atoms with Gasteiger partial charge in [0.2, 0.25) is 5.91 Å². The summed E-state index contributed by atoms with van der Waals surface area (Å²) in [7, 11) is 0.